The highest BCUT2D eigenvalue weighted by atomic mass is 16.2. The van der Waals surface area contributed by atoms with Gasteiger partial charge in [0.05, 0.1) is 11.3 Å². The first-order valence-electron chi connectivity index (χ1n) is 5.79. The average molecular weight is 234 g/mol. The van der Waals surface area contributed by atoms with E-state index in [1.807, 2.05) is 4.90 Å². The Morgan fingerprint density at radius 2 is 2.35 bits per heavy atom. The summed E-state index contributed by atoms with van der Waals surface area (Å²) in [5, 5.41) is 0. The number of nitrogen functional groups attached to an aromatic ring is 1. The maximum Gasteiger partial charge on any atom is 0.258 e. The molecule has 2 rings (SSSR count). The Kier molecular flexibility index (Phi) is 3.02. The summed E-state index contributed by atoms with van der Waals surface area (Å²) in [6.07, 6.45) is 5.25. The van der Waals surface area contributed by atoms with E-state index in [0.717, 1.165) is 19.4 Å². The molecule has 1 aliphatic rings. The second-order valence-corrected chi connectivity index (χ2v) is 4.94. The van der Waals surface area contributed by atoms with E-state index in [-0.39, 0.29) is 11.4 Å². The molecule has 0 aliphatic carbocycles. The fourth-order valence-electron chi connectivity index (χ4n) is 2.32. The summed E-state index contributed by atoms with van der Waals surface area (Å²) in [5.41, 5.74) is 3.61. The van der Waals surface area contributed by atoms with Gasteiger partial charge in [0.2, 0.25) is 0 Å². The number of hydrogen-bond acceptors (Lipinski definition) is 4. The predicted octanol–water partition coefficient (Wildman–Crippen LogP) is 1.38. The van der Waals surface area contributed by atoms with Crippen LogP contribution in [0.1, 0.15) is 37.0 Å². The van der Waals surface area contributed by atoms with Gasteiger partial charge in [0.25, 0.3) is 5.91 Å². The van der Waals surface area contributed by atoms with Crippen molar-refractivity contribution < 1.29 is 4.79 Å². The van der Waals surface area contributed by atoms with E-state index >= 15 is 0 Å². The lowest BCUT2D eigenvalue weighted by Crippen LogP contribution is -2.43. The number of hydrogen-bond donors (Lipinski definition) is 2. The van der Waals surface area contributed by atoms with Crippen LogP contribution in [0.15, 0.2) is 18.5 Å². The quantitative estimate of drug-likeness (QED) is 0.599. The van der Waals surface area contributed by atoms with Crippen molar-refractivity contribution in [1.29, 1.82) is 0 Å². The lowest BCUT2D eigenvalue weighted by Gasteiger charge is -2.32. The SMILES string of the molecule is CC1(C)CCCN1C(=O)c1cnccc1NN. The smallest absolute Gasteiger partial charge is 0.258 e. The molecular weight excluding hydrogens is 216 g/mol. The number of carbonyl (C=O) groups is 1. The largest absolute Gasteiger partial charge is 0.333 e. The molecule has 92 valence electrons. The molecule has 2 heterocycles. The van der Waals surface area contributed by atoms with Gasteiger partial charge in [-0.25, -0.2) is 0 Å². The van der Waals surface area contributed by atoms with Crippen molar-refractivity contribution in [2.75, 3.05) is 12.0 Å². The van der Waals surface area contributed by atoms with Crippen molar-refractivity contribution >= 4 is 11.6 Å². The number of aromatic nitrogens is 1. The maximum atomic E-state index is 12.4. The van der Waals surface area contributed by atoms with E-state index in [1.54, 1.807) is 18.5 Å². The minimum atomic E-state index is -0.0845. The Morgan fingerprint density at radius 1 is 1.59 bits per heavy atom. The summed E-state index contributed by atoms with van der Waals surface area (Å²) in [6.45, 7) is 4.97. The summed E-state index contributed by atoms with van der Waals surface area (Å²) in [5.74, 6) is 5.40. The van der Waals surface area contributed by atoms with Crippen molar-refractivity contribution in [2.24, 2.45) is 5.84 Å². The van der Waals surface area contributed by atoms with Crippen LogP contribution in [0.4, 0.5) is 5.69 Å². The molecule has 0 unspecified atom stereocenters. The van der Waals surface area contributed by atoms with E-state index < -0.39 is 0 Å². The number of rotatable bonds is 2. The monoisotopic (exact) mass is 234 g/mol. The van der Waals surface area contributed by atoms with Crippen molar-refractivity contribution in [2.45, 2.75) is 32.2 Å². The third-order valence-electron chi connectivity index (χ3n) is 3.35. The Morgan fingerprint density at radius 3 is 2.94 bits per heavy atom. The van der Waals surface area contributed by atoms with Gasteiger partial charge in [0.15, 0.2) is 0 Å². The molecule has 17 heavy (non-hydrogen) atoms. The van der Waals surface area contributed by atoms with Crippen LogP contribution in [-0.4, -0.2) is 27.9 Å². The molecule has 0 aromatic carbocycles. The van der Waals surface area contributed by atoms with Gasteiger partial charge < -0.3 is 10.3 Å². The van der Waals surface area contributed by atoms with Gasteiger partial charge >= 0.3 is 0 Å². The standard InChI is InChI=1S/C12H18N4O/c1-12(2)5-3-7-16(12)11(17)9-8-14-6-4-10(9)15-13/h4,6,8H,3,5,7,13H2,1-2H3,(H,14,15). The molecule has 5 nitrogen and oxygen atoms in total. The number of nitrogens with zero attached hydrogens (tertiary/aromatic N) is 2. The van der Waals surface area contributed by atoms with Gasteiger partial charge in [-0.1, -0.05) is 0 Å². The summed E-state index contributed by atoms with van der Waals surface area (Å²) in [4.78, 5) is 18.3. The third-order valence-corrected chi connectivity index (χ3v) is 3.35. The highest BCUT2D eigenvalue weighted by molar-refractivity contribution is 5.99. The van der Waals surface area contributed by atoms with E-state index in [9.17, 15) is 4.79 Å². The molecule has 0 saturated carbocycles. The van der Waals surface area contributed by atoms with Crippen molar-refractivity contribution in [3.05, 3.63) is 24.0 Å². The van der Waals surface area contributed by atoms with Crippen molar-refractivity contribution in [1.82, 2.24) is 9.88 Å². The first-order chi connectivity index (χ1) is 8.06. The first kappa shape index (κ1) is 11.9. The minimum Gasteiger partial charge on any atom is -0.333 e. The fourth-order valence-corrected chi connectivity index (χ4v) is 2.32. The van der Waals surface area contributed by atoms with Gasteiger partial charge in [-0.2, -0.15) is 0 Å². The van der Waals surface area contributed by atoms with E-state index in [4.69, 9.17) is 5.84 Å². The van der Waals surface area contributed by atoms with Crippen LogP contribution in [0.2, 0.25) is 0 Å². The molecule has 1 aromatic rings. The van der Waals surface area contributed by atoms with Gasteiger partial charge in [-0.3, -0.25) is 15.6 Å². The molecule has 3 N–H and O–H groups in total. The lowest BCUT2D eigenvalue weighted by atomic mass is 10.0. The number of carbonyl (C=O) groups excluding carboxylic acids is 1. The normalized spacial score (nSPS) is 18.2. The lowest BCUT2D eigenvalue weighted by molar-refractivity contribution is 0.0652. The van der Waals surface area contributed by atoms with Crippen LogP contribution in [0.3, 0.4) is 0 Å². The van der Waals surface area contributed by atoms with Crippen LogP contribution in [0.25, 0.3) is 0 Å². The second kappa shape index (κ2) is 4.33. The number of nitrogens with two attached hydrogens (primary N) is 1. The molecule has 1 saturated heterocycles. The molecule has 5 heteroatoms. The molecule has 0 bridgehead atoms. The Hall–Kier alpha value is -1.62. The molecule has 0 spiro atoms. The topological polar surface area (TPSA) is 71.2 Å². The number of hydrazine groups is 1. The predicted molar refractivity (Wildman–Crippen MR) is 66.4 cm³/mol. The van der Waals surface area contributed by atoms with E-state index in [2.05, 4.69) is 24.3 Å². The highest BCUT2D eigenvalue weighted by Gasteiger charge is 2.36. The zero-order valence-electron chi connectivity index (χ0n) is 10.2. The number of amides is 1. The summed E-state index contributed by atoms with van der Waals surface area (Å²) in [7, 11) is 0. The molecule has 1 aliphatic heterocycles. The molecule has 1 fully saturated rings. The highest BCUT2D eigenvalue weighted by Crippen LogP contribution is 2.30. The summed E-state index contributed by atoms with van der Waals surface area (Å²) < 4.78 is 0. The van der Waals surface area contributed by atoms with Crippen molar-refractivity contribution in [3.63, 3.8) is 0 Å². The van der Waals surface area contributed by atoms with Gasteiger partial charge in [-0.05, 0) is 32.8 Å². The minimum absolute atomic E-state index is 0.00597. The van der Waals surface area contributed by atoms with Crippen LogP contribution in [0, 0.1) is 0 Å². The van der Waals surface area contributed by atoms with Crippen LogP contribution in [-0.2, 0) is 0 Å². The van der Waals surface area contributed by atoms with E-state index in [1.165, 1.54) is 0 Å². The molecule has 1 amide bonds. The number of anilines is 1. The van der Waals surface area contributed by atoms with Crippen LogP contribution >= 0.6 is 0 Å². The first-order valence-corrected chi connectivity index (χ1v) is 5.79. The van der Waals surface area contributed by atoms with Crippen LogP contribution in [0.5, 0.6) is 0 Å². The Bertz CT molecular complexity index is 430. The Balaban J connectivity index is 2.31. The fraction of sp³-hybridized carbons (Fsp3) is 0.500. The second-order valence-electron chi connectivity index (χ2n) is 4.94. The maximum absolute atomic E-state index is 12.4. The number of pyridine rings is 1. The van der Waals surface area contributed by atoms with Gasteiger partial charge in [0, 0.05) is 24.5 Å². The molecule has 0 atom stereocenters. The van der Waals surface area contributed by atoms with Crippen molar-refractivity contribution in [3.8, 4) is 0 Å². The zero-order chi connectivity index (χ0) is 12.5. The molecule has 0 radical (unpaired) electrons. The van der Waals surface area contributed by atoms with E-state index in [0.29, 0.717) is 11.3 Å². The zero-order valence-corrected chi connectivity index (χ0v) is 10.2. The average Bonchev–Trinajstić information content (AvgIpc) is 2.68. The summed E-state index contributed by atoms with van der Waals surface area (Å²) in [6, 6.07) is 1.70. The Labute approximate surface area is 101 Å². The van der Waals surface area contributed by atoms with Crippen LogP contribution < -0.4 is 11.3 Å². The molecule has 1 aromatic heterocycles. The molecular formula is C12H18N4O. The third kappa shape index (κ3) is 2.10. The van der Waals surface area contributed by atoms with Gasteiger partial charge in [-0.15, -0.1) is 0 Å². The van der Waals surface area contributed by atoms with Gasteiger partial charge in [0.1, 0.15) is 0 Å². The summed E-state index contributed by atoms with van der Waals surface area (Å²) >= 11 is 0. The number of likely N-dealkylation sites (tertiary alicyclic amines) is 1. The number of nitrogens with one attached hydrogen (secondary N) is 1.